The quantitative estimate of drug-likeness (QED) is 0.171. The number of methoxy groups -OCH3 is 4. The van der Waals surface area contributed by atoms with Gasteiger partial charge in [0.25, 0.3) is 21.8 Å². The molecule has 1 aliphatic heterocycles. The normalized spacial score (nSPS) is 14.3. The number of carbonyl (C=O) groups is 2. The minimum Gasteiger partial charge on any atom is -0.497 e. The molecule has 4 rings (SSSR count). The molecule has 47 heavy (non-hydrogen) atoms. The third-order valence-electron chi connectivity index (χ3n) is 7.09. The lowest BCUT2D eigenvalue weighted by atomic mass is 10.2. The van der Waals surface area contributed by atoms with Gasteiger partial charge in [0.05, 0.1) is 51.3 Å². The molecule has 15 heteroatoms. The molecule has 1 fully saturated rings. The van der Waals surface area contributed by atoms with E-state index in [2.05, 4.69) is 15.8 Å². The van der Waals surface area contributed by atoms with Crippen LogP contribution in [0.5, 0.6) is 28.7 Å². The van der Waals surface area contributed by atoms with E-state index in [0.29, 0.717) is 29.4 Å². The van der Waals surface area contributed by atoms with Gasteiger partial charge in [-0.1, -0.05) is 0 Å². The lowest BCUT2D eigenvalue weighted by Crippen LogP contribution is -2.39. The SMILES string of the molecule is COc1ccc(OC)c(N(CC(=O)N/N=C\c2ccc(OCC(=O)NC[C@@H]3CCCO3)cc2)S(=O)(=O)c2ccc(OC)c(OC)c2)c1. The summed E-state index contributed by atoms with van der Waals surface area (Å²) in [6.45, 7) is 0.377. The summed E-state index contributed by atoms with van der Waals surface area (Å²) in [4.78, 5) is 25.0. The molecule has 0 radical (unpaired) electrons. The largest absolute Gasteiger partial charge is 0.497 e. The van der Waals surface area contributed by atoms with Crippen LogP contribution in [0.1, 0.15) is 18.4 Å². The van der Waals surface area contributed by atoms with Crippen molar-refractivity contribution in [2.75, 3.05) is 59.0 Å². The van der Waals surface area contributed by atoms with Crippen LogP contribution in [0, 0.1) is 0 Å². The van der Waals surface area contributed by atoms with Crippen molar-refractivity contribution in [3.63, 3.8) is 0 Å². The molecule has 2 N–H and O–H groups in total. The van der Waals surface area contributed by atoms with E-state index in [1.165, 1.54) is 65.0 Å². The first-order valence-corrected chi connectivity index (χ1v) is 16.0. The Kier molecular flexibility index (Phi) is 12.2. The number of rotatable bonds is 16. The van der Waals surface area contributed by atoms with Gasteiger partial charge in [-0.05, 0) is 66.9 Å². The Bertz CT molecular complexity index is 1660. The molecule has 0 aliphatic carbocycles. The molecule has 0 spiro atoms. The van der Waals surface area contributed by atoms with E-state index in [9.17, 15) is 18.0 Å². The van der Waals surface area contributed by atoms with E-state index in [4.69, 9.17) is 28.4 Å². The van der Waals surface area contributed by atoms with Gasteiger partial charge in [-0.25, -0.2) is 13.8 Å². The number of carbonyl (C=O) groups excluding carboxylic acids is 2. The number of nitrogens with zero attached hydrogens (tertiary/aromatic N) is 2. The predicted octanol–water partition coefficient (Wildman–Crippen LogP) is 2.74. The summed E-state index contributed by atoms with van der Waals surface area (Å²) in [5, 5.41) is 6.77. The molecule has 1 saturated heterocycles. The van der Waals surface area contributed by atoms with E-state index in [0.717, 1.165) is 23.8 Å². The fourth-order valence-corrected chi connectivity index (χ4v) is 6.06. The summed E-state index contributed by atoms with van der Waals surface area (Å²) in [5.74, 6) is 0.550. The fourth-order valence-electron chi connectivity index (χ4n) is 4.62. The maximum Gasteiger partial charge on any atom is 0.265 e. The van der Waals surface area contributed by atoms with Crippen molar-refractivity contribution >= 4 is 33.7 Å². The topological polar surface area (TPSA) is 163 Å². The van der Waals surface area contributed by atoms with Gasteiger partial charge in [0.15, 0.2) is 18.1 Å². The molecule has 1 aliphatic rings. The standard InChI is InChI=1S/C32H38N4O10S/c1-41-24-11-13-28(42-2)27(16-24)36(47(39,40)26-12-14-29(43-3)30(17-26)44-4)20-31(37)35-34-18-22-7-9-23(10-8-22)46-21-32(38)33-19-25-6-5-15-45-25/h7-14,16-18,25H,5-6,15,19-21H2,1-4H3,(H,33,38)(H,35,37)/b34-18-/t25-/m0/s1. The maximum atomic E-state index is 14.0. The Balaban J connectivity index is 1.44. The molecule has 0 bridgehead atoms. The van der Waals surface area contributed by atoms with Crippen LogP contribution in [-0.2, 0) is 24.3 Å². The zero-order valence-corrected chi connectivity index (χ0v) is 27.4. The fraction of sp³-hybridized carbons (Fsp3) is 0.344. The molecule has 3 aromatic carbocycles. The lowest BCUT2D eigenvalue weighted by molar-refractivity contribution is -0.123. The number of hydrogen-bond acceptors (Lipinski definition) is 11. The molecular weight excluding hydrogens is 632 g/mol. The Morgan fingerprint density at radius 1 is 0.894 bits per heavy atom. The van der Waals surface area contributed by atoms with Crippen molar-refractivity contribution in [2.24, 2.45) is 5.10 Å². The number of amides is 2. The number of benzene rings is 3. The molecule has 14 nitrogen and oxygen atoms in total. The van der Waals surface area contributed by atoms with Crippen LogP contribution in [0.3, 0.4) is 0 Å². The number of sulfonamides is 1. The first-order valence-electron chi connectivity index (χ1n) is 14.6. The van der Waals surface area contributed by atoms with Crippen LogP contribution in [0.25, 0.3) is 0 Å². The van der Waals surface area contributed by atoms with Crippen molar-refractivity contribution in [3.05, 3.63) is 66.2 Å². The number of anilines is 1. The molecule has 0 unspecified atom stereocenters. The second-order valence-electron chi connectivity index (χ2n) is 10.2. The van der Waals surface area contributed by atoms with E-state index < -0.39 is 22.5 Å². The summed E-state index contributed by atoms with van der Waals surface area (Å²) in [6, 6.07) is 15.4. The number of ether oxygens (including phenoxy) is 6. The van der Waals surface area contributed by atoms with Gasteiger partial charge in [0.1, 0.15) is 23.8 Å². The lowest BCUT2D eigenvalue weighted by Gasteiger charge is -2.26. The summed E-state index contributed by atoms with van der Waals surface area (Å²) in [5.41, 5.74) is 3.05. The highest BCUT2D eigenvalue weighted by Gasteiger charge is 2.31. The van der Waals surface area contributed by atoms with Crippen LogP contribution in [0.2, 0.25) is 0 Å². The van der Waals surface area contributed by atoms with Crippen molar-refractivity contribution in [3.8, 4) is 28.7 Å². The zero-order chi connectivity index (χ0) is 33.8. The van der Waals surface area contributed by atoms with Gasteiger partial charge in [0.2, 0.25) is 0 Å². The average Bonchev–Trinajstić information content (AvgIpc) is 3.62. The van der Waals surface area contributed by atoms with Gasteiger partial charge < -0.3 is 33.7 Å². The Morgan fingerprint density at radius 3 is 2.26 bits per heavy atom. The van der Waals surface area contributed by atoms with Gasteiger partial charge in [-0.3, -0.25) is 13.9 Å². The number of hydrazone groups is 1. The summed E-state index contributed by atoms with van der Waals surface area (Å²) in [7, 11) is 1.27. The van der Waals surface area contributed by atoms with E-state index in [-0.39, 0.29) is 40.7 Å². The Labute approximate surface area is 273 Å². The van der Waals surface area contributed by atoms with Gasteiger partial charge in [-0.15, -0.1) is 0 Å². The third-order valence-corrected chi connectivity index (χ3v) is 8.84. The van der Waals surface area contributed by atoms with Crippen LogP contribution in [0.4, 0.5) is 5.69 Å². The molecule has 252 valence electrons. The average molecular weight is 671 g/mol. The van der Waals surface area contributed by atoms with Crippen LogP contribution >= 0.6 is 0 Å². The predicted molar refractivity (Wildman–Crippen MR) is 173 cm³/mol. The second kappa shape index (κ2) is 16.5. The van der Waals surface area contributed by atoms with Gasteiger partial charge in [-0.2, -0.15) is 5.10 Å². The van der Waals surface area contributed by atoms with Crippen LogP contribution in [-0.4, -0.2) is 87.3 Å². The van der Waals surface area contributed by atoms with Crippen LogP contribution < -0.4 is 38.7 Å². The molecule has 2 amide bonds. The maximum absolute atomic E-state index is 14.0. The van der Waals surface area contributed by atoms with E-state index in [1.807, 2.05) is 0 Å². The second-order valence-corrected chi connectivity index (χ2v) is 12.0. The minimum atomic E-state index is -4.37. The van der Waals surface area contributed by atoms with Crippen molar-refractivity contribution in [1.29, 1.82) is 0 Å². The third kappa shape index (κ3) is 9.26. The first kappa shape index (κ1) is 34.8. The molecular formula is C32H38N4O10S. The highest BCUT2D eigenvalue weighted by Crippen LogP contribution is 2.37. The zero-order valence-electron chi connectivity index (χ0n) is 26.6. The smallest absolute Gasteiger partial charge is 0.265 e. The Morgan fingerprint density at radius 2 is 1.60 bits per heavy atom. The number of nitrogens with one attached hydrogen (secondary N) is 2. The highest BCUT2D eigenvalue weighted by atomic mass is 32.2. The highest BCUT2D eigenvalue weighted by molar-refractivity contribution is 7.92. The van der Waals surface area contributed by atoms with Crippen molar-refractivity contribution < 1.29 is 46.4 Å². The van der Waals surface area contributed by atoms with Crippen molar-refractivity contribution in [1.82, 2.24) is 10.7 Å². The van der Waals surface area contributed by atoms with E-state index >= 15 is 0 Å². The first-order chi connectivity index (χ1) is 22.7. The van der Waals surface area contributed by atoms with Gasteiger partial charge >= 0.3 is 0 Å². The molecule has 3 aromatic rings. The molecule has 1 atom stereocenters. The summed E-state index contributed by atoms with van der Waals surface area (Å²) < 4.78 is 61.2. The van der Waals surface area contributed by atoms with E-state index in [1.54, 1.807) is 30.3 Å². The minimum absolute atomic E-state index is 0.0489. The summed E-state index contributed by atoms with van der Waals surface area (Å²) in [6.07, 6.45) is 3.36. The summed E-state index contributed by atoms with van der Waals surface area (Å²) >= 11 is 0. The number of hydrogen-bond donors (Lipinski definition) is 2. The monoisotopic (exact) mass is 670 g/mol. The molecule has 0 saturated carbocycles. The molecule has 0 aromatic heterocycles. The molecule has 1 heterocycles. The van der Waals surface area contributed by atoms with Crippen LogP contribution in [0.15, 0.2) is 70.7 Å². The van der Waals surface area contributed by atoms with Crippen molar-refractivity contribution in [2.45, 2.75) is 23.8 Å². The Hall–Kier alpha value is -5.02. The van der Waals surface area contributed by atoms with Gasteiger partial charge in [0, 0.05) is 25.3 Å².